The summed E-state index contributed by atoms with van der Waals surface area (Å²) in [6.45, 7) is 3.59. The van der Waals surface area contributed by atoms with E-state index in [2.05, 4.69) is 15.3 Å². The molecule has 2 heterocycles. The number of aryl methyl sites for hydroxylation is 1. The van der Waals surface area contributed by atoms with Gasteiger partial charge in [-0.25, -0.2) is 9.97 Å². The van der Waals surface area contributed by atoms with Gasteiger partial charge in [0.2, 0.25) is 0 Å². The van der Waals surface area contributed by atoms with Gasteiger partial charge in [-0.1, -0.05) is 31.4 Å². The lowest BCUT2D eigenvalue weighted by atomic mass is 9.84. The van der Waals surface area contributed by atoms with E-state index >= 15 is 0 Å². The number of nitrogens with one attached hydrogen (secondary N) is 1. The number of hydrogen-bond acceptors (Lipinski definition) is 5. The van der Waals surface area contributed by atoms with Crippen LogP contribution in [0.4, 0.5) is 19.0 Å². The number of anilines is 1. The van der Waals surface area contributed by atoms with Gasteiger partial charge in [-0.15, -0.1) is 11.3 Å². The fourth-order valence-electron chi connectivity index (χ4n) is 4.03. The quantitative estimate of drug-likeness (QED) is 0.502. The van der Waals surface area contributed by atoms with Crippen molar-refractivity contribution in [2.75, 3.05) is 5.32 Å². The van der Waals surface area contributed by atoms with E-state index in [-0.39, 0.29) is 6.04 Å². The Balaban J connectivity index is 1.67. The van der Waals surface area contributed by atoms with Crippen molar-refractivity contribution in [3.8, 4) is 0 Å². The topological polar surface area (TPSA) is 58.0 Å². The van der Waals surface area contributed by atoms with Gasteiger partial charge < -0.3 is 10.4 Å². The molecule has 0 bridgehead atoms. The van der Waals surface area contributed by atoms with E-state index in [4.69, 9.17) is 0 Å². The molecule has 1 fully saturated rings. The van der Waals surface area contributed by atoms with Crippen LogP contribution in [0.5, 0.6) is 0 Å². The number of nitrogens with zero attached hydrogens (tertiary/aromatic N) is 2. The summed E-state index contributed by atoms with van der Waals surface area (Å²) in [7, 11) is 0. The summed E-state index contributed by atoms with van der Waals surface area (Å²) in [5, 5.41) is 14.4. The van der Waals surface area contributed by atoms with Crippen LogP contribution in [0, 0.1) is 6.92 Å². The SMILES string of the molecule is Cc1nc(N[C@H](C)c2cccc(C(F)(F)F)c2)c2sc(C3(O)CCCCC3)cc2n1. The number of benzene rings is 1. The first-order valence-corrected chi connectivity index (χ1v) is 10.9. The summed E-state index contributed by atoms with van der Waals surface area (Å²) in [5.74, 6) is 1.15. The molecule has 2 aromatic heterocycles. The van der Waals surface area contributed by atoms with Crippen molar-refractivity contribution in [3.05, 3.63) is 52.2 Å². The van der Waals surface area contributed by atoms with Crippen molar-refractivity contribution in [3.63, 3.8) is 0 Å². The van der Waals surface area contributed by atoms with Gasteiger partial charge in [-0.3, -0.25) is 0 Å². The van der Waals surface area contributed by atoms with Crippen molar-refractivity contribution < 1.29 is 18.3 Å². The highest BCUT2D eigenvalue weighted by molar-refractivity contribution is 7.19. The van der Waals surface area contributed by atoms with Gasteiger partial charge in [-0.05, 0) is 50.5 Å². The molecule has 1 aliphatic rings. The van der Waals surface area contributed by atoms with Gasteiger partial charge in [0.25, 0.3) is 0 Å². The molecule has 0 unspecified atom stereocenters. The number of rotatable bonds is 4. The predicted molar refractivity (Wildman–Crippen MR) is 113 cm³/mol. The number of thiophene rings is 1. The van der Waals surface area contributed by atoms with Crippen LogP contribution >= 0.6 is 11.3 Å². The molecule has 0 spiro atoms. The zero-order valence-electron chi connectivity index (χ0n) is 16.9. The molecule has 8 heteroatoms. The van der Waals surface area contributed by atoms with Crippen LogP contribution in [-0.4, -0.2) is 15.1 Å². The van der Waals surface area contributed by atoms with Gasteiger partial charge in [0.1, 0.15) is 11.6 Å². The Morgan fingerprint density at radius 2 is 1.87 bits per heavy atom. The zero-order valence-corrected chi connectivity index (χ0v) is 17.7. The zero-order chi connectivity index (χ0) is 21.5. The summed E-state index contributed by atoms with van der Waals surface area (Å²) in [6.07, 6.45) is 0.200. The van der Waals surface area contributed by atoms with Gasteiger partial charge in [0.15, 0.2) is 0 Å². The van der Waals surface area contributed by atoms with E-state index in [1.165, 1.54) is 17.4 Å². The molecule has 1 aromatic carbocycles. The Bertz CT molecular complexity index is 1060. The summed E-state index contributed by atoms with van der Waals surface area (Å²) in [5.41, 5.74) is -0.227. The first kappa shape index (κ1) is 21.1. The lowest BCUT2D eigenvalue weighted by Gasteiger charge is -2.30. The number of halogens is 3. The van der Waals surface area contributed by atoms with Crippen molar-refractivity contribution in [1.82, 2.24) is 9.97 Å². The number of aromatic nitrogens is 2. The molecule has 2 N–H and O–H groups in total. The van der Waals surface area contributed by atoms with Gasteiger partial charge in [-0.2, -0.15) is 13.2 Å². The van der Waals surface area contributed by atoms with Crippen LogP contribution in [0.1, 0.15) is 66.9 Å². The smallest absolute Gasteiger partial charge is 0.384 e. The highest BCUT2D eigenvalue weighted by atomic mass is 32.1. The third-order valence-corrected chi connectivity index (χ3v) is 7.01. The normalized spacial score (nSPS) is 17.8. The van der Waals surface area contributed by atoms with E-state index in [1.54, 1.807) is 13.0 Å². The van der Waals surface area contributed by atoms with Crippen LogP contribution in [0.3, 0.4) is 0 Å². The van der Waals surface area contributed by atoms with Crippen molar-refractivity contribution >= 4 is 27.4 Å². The maximum atomic E-state index is 13.1. The van der Waals surface area contributed by atoms with Crippen LogP contribution in [0.25, 0.3) is 10.2 Å². The molecule has 0 amide bonds. The van der Waals surface area contributed by atoms with E-state index in [1.807, 2.05) is 13.0 Å². The Morgan fingerprint density at radius 3 is 2.57 bits per heavy atom. The molecular formula is C22H24F3N3OS. The molecular weight excluding hydrogens is 411 g/mol. The molecule has 4 rings (SSSR count). The van der Waals surface area contributed by atoms with Gasteiger partial charge in [0.05, 0.1) is 27.4 Å². The fraction of sp³-hybridized carbons (Fsp3) is 0.455. The van der Waals surface area contributed by atoms with E-state index in [0.717, 1.165) is 59.3 Å². The Hall–Kier alpha value is -2.19. The lowest BCUT2D eigenvalue weighted by molar-refractivity contribution is -0.137. The highest BCUT2D eigenvalue weighted by Gasteiger charge is 2.34. The summed E-state index contributed by atoms with van der Waals surface area (Å²) in [6, 6.07) is 6.86. The molecule has 30 heavy (non-hydrogen) atoms. The Labute approximate surface area is 177 Å². The first-order valence-electron chi connectivity index (χ1n) is 10.1. The Kier molecular flexibility index (Phi) is 5.48. The van der Waals surface area contributed by atoms with Crippen molar-refractivity contribution in [2.24, 2.45) is 0 Å². The largest absolute Gasteiger partial charge is 0.416 e. The predicted octanol–water partition coefficient (Wildman–Crippen LogP) is 6.34. The number of aliphatic hydroxyl groups is 1. The second-order valence-electron chi connectivity index (χ2n) is 8.03. The molecule has 1 aliphatic carbocycles. The summed E-state index contributed by atoms with van der Waals surface area (Å²) >= 11 is 1.47. The second kappa shape index (κ2) is 7.81. The van der Waals surface area contributed by atoms with Crippen molar-refractivity contribution in [1.29, 1.82) is 0 Å². The molecule has 0 saturated heterocycles. The third kappa shape index (κ3) is 4.16. The average molecular weight is 436 g/mol. The average Bonchev–Trinajstić information content (AvgIpc) is 3.13. The Morgan fingerprint density at radius 1 is 1.13 bits per heavy atom. The molecule has 160 valence electrons. The minimum absolute atomic E-state index is 0.381. The summed E-state index contributed by atoms with van der Waals surface area (Å²) in [4.78, 5) is 9.89. The maximum Gasteiger partial charge on any atom is 0.416 e. The maximum absolute atomic E-state index is 13.1. The minimum atomic E-state index is -4.38. The monoisotopic (exact) mass is 435 g/mol. The van der Waals surface area contributed by atoms with E-state index in [9.17, 15) is 18.3 Å². The number of alkyl halides is 3. The summed E-state index contributed by atoms with van der Waals surface area (Å²) < 4.78 is 40.0. The molecule has 1 atom stereocenters. The van der Waals surface area contributed by atoms with Crippen LogP contribution in [0.15, 0.2) is 30.3 Å². The van der Waals surface area contributed by atoms with E-state index < -0.39 is 17.3 Å². The lowest BCUT2D eigenvalue weighted by Crippen LogP contribution is -2.27. The molecule has 4 nitrogen and oxygen atoms in total. The van der Waals surface area contributed by atoms with Crippen molar-refractivity contribution in [2.45, 2.75) is 63.8 Å². The molecule has 1 saturated carbocycles. The van der Waals surface area contributed by atoms with Crippen LogP contribution < -0.4 is 5.32 Å². The van der Waals surface area contributed by atoms with Crippen LogP contribution in [-0.2, 0) is 11.8 Å². The van der Waals surface area contributed by atoms with Gasteiger partial charge >= 0.3 is 6.18 Å². The fourth-order valence-corrected chi connectivity index (χ4v) is 5.22. The third-order valence-electron chi connectivity index (χ3n) is 5.69. The second-order valence-corrected chi connectivity index (χ2v) is 9.08. The highest BCUT2D eigenvalue weighted by Crippen LogP contribution is 2.43. The van der Waals surface area contributed by atoms with Crippen LogP contribution in [0.2, 0.25) is 0 Å². The molecule has 3 aromatic rings. The number of fused-ring (bicyclic) bond motifs is 1. The van der Waals surface area contributed by atoms with E-state index in [0.29, 0.717) is 17.2 Å². The standard InChI is InChI=1S/C22H24F3N3OS/c1-13(15-7-6-8-16(11-15)22(23,24)25)26-20-19-17(27-14(2)28-20)12-18(30-19)21(29)9-4-3-5-10-21/h6-8,11-13,29H,3-5,9-10H2,1-2H3,(H,26,27,28)/t13-/m1/s1. The first-order chi connectivity index (χ1) is 14.2. The van der Waals surface area contributed by atoms with Gasteiger partial charge in [0, 0.05) is 4.88 Å². The minimum Gasteiger partial charge on any atom is -0.384 e. The number of hydrogen-bond donors (Lipinski definition) is 2. The molecule has 0 radical (unpaired) electrons. The molecule has 0 aliphatic heterocycles.